The number of rotatable bonds is 11. The number of piperidine rings is 1. The summed E-state index contributed by atoms with van der Waals surface area (Å²) in [5.74, 6) is -2.17. The van der Waals surface area contributed by atoms with Crippen molar-refractivity contribution in [2.24, 2.45) is 0 Å². The lowest BCUT2D eigenvalue weighted by molar-refractivity contribution is -0.139. The van der Waals surface area contributed by atoms with Crippen molar-refractivity contribution in [3.8, 4) is 11.8 Å². The molecule has 0 saturated carbocycles. The maximum absolute atomic E-state index is 14.5. The van der Waals surface area contributed by atoms with E-state index in [9.17, 15) is 50.8 Å². The molecule has 0 bridgehead atoms. The van der Waals surface area contributed by atoms with Crippen LogP contribution in [-0.2, 0) is 31.5 Å². The van der Waals surface area contributed by atoms with Gasteiger partial charge >= 0.3 is 12.4 Å². The molecule has 2 atom stereocenters. The zero-order chi connectivity index (χ0) is 42.9. The minimum absolute atomic E-state index is 0.0769. The molecule has 0 aromatic heterocycles. The molecule has 3 heterocycles. The van der Waals surface area contributed by atoms with Crippen molar-refractivity contribution in [3.63, 3.8) is 0 Å². The minimum atomic E-state index is -4.91. The second-order valence-electron chi connectivity index (χ2n) is 14.7. The standard InChI is InChI=1S/C39H40F6N8O5S/c1-37(2)35(57)52(26-7-6-23(21-46)28(19-26)38(40,41)42)36(59)53(37)27-8-10-31(29(20-27)39(43,44)45)58-17-16-50-12-14-51(15-13-50)22-33(55)48-25-5-3-4-24(18-25)47-30-9-11-32(54)49-34(30)56/h3-8,10,18-20,30,36,47,59H,9,11-17,22H2,1-2H3,(H,48,55)(H,49,54,56). The molecule has 2 unspecified atom stereocenters. The van der Waals surface area contributed by atoms with Crippen molar-refractivity contribution >= 4 is 59.0 Å². The highest BCUT2D eigenvalue weighted by molar-refractivity contribution is 7.81. The van der Waals surface area contributed by atoms with Gasteiger partial charge in [0, 0.05) is 61.9 Å². The number of benzene rings is 3. The van der Waals surface area contributed by atoms with Gasteiger partial charge in [0.05, 0.1) is 29.3 Å². The Hall–Kier alpha value is -5.52. The number of thiol groups is 1. The van der Waals surface area contributed by atoms with E-state index in [4.69, 9.17) is 4.74 Å². The summed E-state index contributed by atoms with van der Waals surface area (Å²) in [5.41, 5.74) is -5.10. The van der Waals surface area contributed by atoms with Crippen LogP contribution in [0.2, 0.25) is 0 Å². The van der Waals surface area contributed by atoms with Gasteiger partial charge in [0.2, 0.25) is 17.7 Å². The lowest BCUT2D eigenvalue weighted by Gasteiger charge is -2.34. The van der Waals surface area contributed by atoms with Gasteiger partial charge in [0.1, 0.15) is 23.9 Å². The minimum Gasteiger partial charge on any atom is -0.492 e. The van der Waals surface area contributed by atoms with Crippen LogP contribution in [0, 0.1) is 11.3 Å². The van der Waals surface area contributed by atoms with E-state index in [1.807, 2.05) is 9.80 Å². The first kappa shape index (κ1) is 43.1. The first-order valence-corrected chi connectivity index (χ1v) is 19.0. The van der Waals surface area contributed by atoms with Crippen molar-refractivity contribution in [2.75, 3.05) is 66.3 Å². The van der Waals surface area contributed by atoms with Gasteiger partial charge in [0.25, 0.3) is 5.91 Å². The fourth-order valence-corrected chi connectivity index (χ4v) is 7.88. The topological polar surface area (TPSA) is 150 Å². The highest BCUT2D eigenvalue weighted by Crippen LogP contribution is 2.45. The predicted molar refractivity (Wildman–Crippen MR) is 208 cm³/mol. The van der Waals surface area contributed by atoms with Crippen LogP contribution in [-0.4, -0.2) is 96.4 Å². The van der Waals surface area contributed by atoms with Crippen LogP contribution < -0.4 is 30.5 Å². The average molecular weight is 847 g/mol. The van der Waals surface area contributed by atoms with Crippen molar-refractivity contribution in [3.05, 3.63) is 77.4 Å². The number of anilines is 4. The van der Waals surface area contributed by atoms with Gasteiger partial charge in [-0.15, -0.1) is 12.6 Å². The summed E-state index contributed by atoms with van der Waals surface area (Å²) in [6, 6.07) is 13.7. The first-order valence-electron chi connectivity index (χ1n) is 18.5. The molecule has 0 spiro atoms. The highest BCUT2D eigenvalue weighted by atomic mass is 32.1. The van der Waals surface area contributed by atoms with Crippen LogP contribution in [0.3, 0.4) is 0 Å². The molecule has 3 saturated heterocycles. The molecule has 13 nitrogen and oxygen atoms in total. The van der Waals surface area contributed by atoms with E-state index in [1.54, 1.807) is 24.3 Å². The molecular weight excluding hydrogens is 807 g/mol. The molecule has 6 rings (SSSR count). The SMILES string of the molecule is CC1(C)C(=O)N(c2ccc(C#N)c(C(F)(F)F)c2)C(S)N1c1ccc(OCCN2CCN(CC(=O)Nc3cccc(NC4CCC(=O)NC4=O)c3)CC2)c(C(F)(F)F)c1. The van der Waals surface area contributed by atoms with Crippen LogP contribution >= 0.6 is 12.6 Å². The van der Waals surface area contributed by atoms with E-state index < -0.39 is 63.7 Å². The van der Waals surface area contributed by atoms with Crippen LogP contribution in [0.1, 0.15) is 43.4 Å². The van der Waals surface area contributed by atoms with Gasteiger partial charge in [-0.25, -0.2) is 0 Å². The highest BCUT2D eigenvalue weighted by Gasteiger charge is 2.52. The Kier molecular flexibility index (Phi) is 12.4. The Morgan fingerprint density at radius 3 is 2.22 bits per heavy atom. The average Bonchev–Trinajstić information content (AvgIpc) is 3.34. The van der Waals surface area contributed by atoms with Crippen LogP contribution in [0.5, 0.6) is 5.75 Å². The van der Waals surface area contributed by atoms with Gasteiger partial charge in [0.15, 0.2) is 5.50 Å². The zero-order valence-electron chi connectivity index (χ0n) is 31.8. The Labute approximate surface area is 340 Å². The number of carbonyl (C=O) groups is 4. The Bertz CT molecular complexity index is 2150. The molecule has 3 N–H and O–H groups in total. The molecule has 3 aromatic carbocycles. The molecule has 3 aliphatic rings. The lowest BCUT2D eigenvalue weighted by Crippen LogP contribution is -2.49. The predicted octanol–water partition coefficient (Wildman–Crippen LogP) is 5.29. The van der Waals surface area contributed by atoms with Crippen molar-refractivity contribution < 1.29 is 50.3 Å². The third kappa shape index (κ3) is 9.69. The Morgan fingerprint density at radius 2 is 1.56 bits per heavy atom. The molecule has 314 valence electrons. The number of piperazine rings is 1. The number of hydrogen-bond acceptors (Lipinski definition) is 11. The zero-order valence-corrected chi connectivity index (χ0v) is 32.7. The van der Waals surface area contributed by atoms with Gasteiger partial charge < -0.3 is 20.3 Å². The van der Waals surface area contributed by atoms with Gasteiger partial charge in [-0.3, -0.25) is 39.2 Å². The summed E-state index contributed by atoms with van der Waals surface area (Å²) in [5, 5.41) is 17.4. The number of imide groups is 1. The van der Waals surface area contributed by atoms with Gasteiger partial charge in [-0.1, -0.05) is 6.07 Å². The van der Waals surface area contributed by atoms with E-state index in [2.05, 4.69) is 28.6 Å². The number of nitriles is 1. The number of nitrogens with one attached hydrogen (secondary N) is 3. The summed E-state index contributed by atoms with van der Waals surface area (Å²) in [6.07, 6.45) is -9.21. The molecule has 0 radical (unpaired) electrons. The van der Waals surface area contributed by atoms with E-state index in [0.717, 1.165) is 29.2 Å². The fourth-order valence-electron chi connectivity index (χ4n) is 7.22. The lowest BCUT2D eigenvalue weighted by atomic mass is 10.0. The molecule has 4 amide bonds. The van der Waals surface area contributed by atoms with E-state index in [0.29, 0.717) is 50.0 Å². The van der Waals surface area contributed by atoms with Crippen LogP contribution in [0.25, 0.3) is 0 Å². The molecule has 59 heavy (non-hydrogen) atoms. The molecule has 3 fully saturated rings. The van der Waals surface area contributed by atoms with Crippen molar-refractivity contribution in [1.29, 1.82) is 5.26 Å². The van der Waals surface area contributed by atoms with E-state index in [1.165, 1.54) is 30.9 Å². The van der Waals surface area contributed by atoms with E-state index in [-0.39, 0.29) is 49.3 Å². The maximum atomic E-state index is 14.5. The third-order valence-corrected chi connectivity index (χ3v) is 10.7. The number of amides is 4. The maximum Gasteiger partial charge on any atom is 0.420 e. The number of nitrogens with zero attached hydrogens (tertiary/aromatic N) is 5. The van der Waals surface area contributed by atoms with Gasteiger partial charge in [-0.2, -0.15) is 31.6 Å². The first-order chi connectivity index (χ1) is 27.8. The molecule has 20 heteroatoms. The quantitative estimate of drug-likeness (QED) is 0.114. The summed E-state index contributed by atoms with van der Waals surface area (Å²) in [6.45, 7) is 5.20. The summed E-state index contributed by atoms with van der Waals surface area (Å²) >= 11 is 4.48. The molecule has 3 aliphatic heterocycles. The van der Waals surface area contributed by atoms with Crippen molar-refractivity contribution in [2.45, 2.75) is 56.1 Å². The Morgan fingerprint density at radius 1 is 0.915 bits per heavy atom. The number of hydrogen-bond donors (Lipinski definition) is 4. The number of halogens is 6. The largest absolute Gasteiger partial charge is 0.492 e. The summed E-state index contributed by atoms with van der Waals surface area (Å²) in [4.78, 5) is 56.1. The van der Waals surface area contributed by atoms with E-state index >= 15 is 0 Å². The van der Waals surface area contributed by atoms with Crippen molar-refractivity contribution in [1.82, 2.24) is 15.1 Å². The smallest absolute Gasteiger partial charge is 0.420 e. The number of alkyl halides is 6. The summed E-state index contributed by atoms with van der Waals surface area (Å²) in [7, 11) is 0. The fraction of sp³-hybridized carbons (Fsp3) is 0.410. The number of ether oxygens (including phenoxy) is 1. The molecule has 0 aliphatic carbocycles. The molecular formula is C39H40F6N8O5S. The molecule has 3 aromatic rings. The Balaban J connectivity index is 1.03. The van der Waals surface area contributed by atoms with Crippen LogP contribution in [0.15, 0.2) is 60.7 Å². The third-order valence-electron chi connectivity index (χ3n) is 10.3. The monoisotopic (exact) mass is 846 g/mol. The van der Waals surface area contributed by atoms with Crippen LogP contribution in [0.4, 0.5) is 49.1 Å². The second-order valence-corrected chi connectivity index (χ2v) is 15.2. The normalized spacial score (nSPS) is 20.3. The summed E-state index contributed by atoms with van der Waals surface area (Å²) < 4.78 is 90.2. The number of carbonyl (C=O) groups excluding carboxylic acids is 4. The second kappa shape index (κ2) is 17.0. The van der Waals surface area contributed by atoms with Gasteiger partial charge in [-0.05, 0) is 74.9 Å².